The highest BCUT2D eigenvalue weighted by Gasteiger charge is 2.37. The van der Waals surface area contributed by atoms with E-state index in [0.29, 0.717) is 5.92 Å². The number of aromatic nitrogens is 1. The van der Waals surface area contributed by atoms with Crippen LogP contribution in [0.15, 0.2) is 182 Å². The predicted octanol–water partition coefficient (Wildman–Crippen LogP) is 12.0. The molecular weight excluding hydrogens is 581 g/mol. The van der Waals surface area contributed by atoms with Gasteiger partial charge in [0, 0.05) is 33.8 Å². The van der Waals surface area contributed by atoms with Crippen LogP contribution < -0.4 is 4.90 Å². The number of benzene rings is 7. The molecule has 0 amide bonds. The van der Waals surface area contributed by atoms with Crippen molar-refractivity contribution in [2.24, 2.45) is 0 Å². The van der Waals surface area contributed by atoms with Crippen molar-refractivity contribution in [3.05, 3.63) is 188 Å². The number of allylic oxidation sites excluding steroid dienone is 2. The van der Waals surface area contributed by atoms with E-state index in [4.69, 9.17) is 0 Å². The summed E-state index contributed by atoms with van der Waals surface area (Å²) in [5.74, 6) is 0.298. The summed E-state index contributed by atoms with van der Waals surface area (Å²) in [5, 5.41) is 5.11. The monoisotopic (exact) mass is 612 g/mol. The lowest BCUT2D eigenvalue weighted by Crippen LogP contribution is -2.28. The zero-order chi connectivity index (χ0) is 31.6. The molecule has 7 aromatic carbocycles. The Kier molecular flexibility index (Phi) is 6.04. The largest absolute Gasteiger partial charge is 0.333 e. The molecule has 2 aliphatic rings. The summed E-state index contributed by atoms with van der Waals surface area (Å²) >= 11 is 0. The van der Waals surface area contributed by atoms with Gasteiger partial charge in [-0.2, -0.15) is 0 Å². The van der Waals surface area contributed by atoms with Crippen molar-refractivity contribution < 1.29 is 0 Å². The summed E-state index contributed by atoms with van der Waals surface area (Å²) < 4.78 is 2.38. The Morgan fingerprint density at radius 1 is 0.438 bits per heavy atom. The van der Waals surface area contributed by atoms with Crippen LogP contribution >= 0.6 is 0 Å². The number of rotatable bonds is 4. The van der Waals surface area contributed by atoms with Gasteiger partial charge in [0.25, 0.3) is 0 Å². The molecule has 0 radical (unpaired) electrons. The van der Waals surface area contributed by atoms with Crippen LogP contribution in [-0.2, 0) is 0 Å². The summed E-state index contributed by atoms with van der Waals surface area (Å²) in [6, 6.07) is 58.0. The number of hydrogen-bond donors (Lipinski definition) is 0. The Hall–Kier alpha value is -6.12. The summed E-state index contributed by atoms with van der Waals surface area (Å²) in [7, 11) is 0. The van der Waals surface area contributed by atoms with Crippen LogP contribution in [0.4, 0.5) is 11.4 Å². The van der Waals surface area contributed by atoms with Crippen molar-refractivity contribution in [3.63, 3.8) is 0 Å². The van der Waals surface area contributed by atoms with Gasteiger partial charge in [-0.05, 0) is 93.2 Å². The first-order valence-electron chi connectivity index (χ1n) is 16.8. The van der Waals surface area contributed by atoms with Crippen molar-refractivity contribution in [1.82, 2.24) is 4.57 Å². The third-order valence-electron chi connectivity index (χ3n) is 10.3. The Balaban J connectivity index is 1.06. The van der Waals surface area contributed by atoms with Crippen molar-refractivity contribution >= 4 is 44.0 Å². The van der Waals surface area contributed by atoms with Gasteiger partial charge in [0.2, 0.25) is 0 Å². The van der Waals surface area contributed by atoms with Gasteiger partial charge in [-0.3, -0.25) is 0 Å². The normalized spacial score (nSPS) is 16.5. The fraction of sp³-hybridized carbons (Fsp3) is 0.0435. The molecule has 1 aromatic heterocycles. The lowest BCUT2D eigenvalue weighted by atomic mass is 9.89. The van der Waals surface area contributed by atoms with Gasteiger partial charge in [-0.1, -0.05) is 127 Å². The number of para-hydroxylation sites is 2. The van der Waals surface area contributed by atoms with Crippen LogP contribution in [-0.4, -0.2) is 10.6 Å². The number of anilines is 2. The van der Waals surface area contributed by atoms with Gasteiger partial charge in [0.15, 0.2) is 0 Å². The molecule has 2 heterocycles. The van der Waals surface area contributed by atoms with Crippen molar-refractivity contribution in [2.75, 3.05) is 4.90 Å². The number of fused-ring (bicyclic) bond motifs is 7. The van der Waals surface area contributed by atoms with Gasteiger partial charge in [0.1, 0.15) is 0 Å². The molecule has 0 spiro atoms. The highest BCUT2D eigenvalue weighted by molar-refractivity contribution is 6.10. The number of nitrogens with zero attached hydrogens (tertiary/aromatic N) is 2. The Labute approximate surface area is 280 Å². The summed E-state index contributed by atoms with van der Waals surface area (Å²) in [5.41, 5.74) is 12.5. The molecule has 0 saturated heterocycles. The molecular formula is C46H32N2. The first-order chi connectivity index (χ1) is 23.8. The second-order valence-electron chi connectivity index (χ2n) is 12.9. The van der Waals surface area contributed by atoms with E-state index < -0.39 is 0 Å². The van der Waals surface area contributed by atoms with Crippen molar-refractivity contribution in [3.8, 4) is 27.9 Å². The zero-order valence-corrected chi connectivity index (χ0v) is 26.4. The fourth-order valence-electron chi connectivity index (χ4n) is 8.11. The van der Waals surface area contributed by atoms with E-state index in [1.165, 1.54) is 77.5 Å². The molecule has 0 bridgehead atoms. The zero-order valence-electron chi connectivity index (χ0n) is 26.4. The van der Waals surface area contributed by atoms with E-state index in [0.717, 1.165) is 0 Å². The highest BCUT2D eigenvalue weighted by atomic mass is 15.2. The maximum atomic E-state index is 2.52. The molecule has 226 valence electrons. The molecule has 48 heavy (non-hydrogen) atoms. The van der Waals surface area contributed by atoms with Gasteiger partial charge < -0.3 is 9.47 Å². The highest BCUT2D eigenvalue weighted by Crippen LogP contribution is 2.49. The van der Waals surface area contributed by atoms with Crippen molar-refractivity contribution in [2.45, 2.75) is 12.0 Å². The minimum absolute atomic E-state index is 0.245. The van der Waals surface area contributed by atoms with Crippen LogP contribution in [0.5, 0.6) is 0 Å². The van der Waals surface area contributed by atoms with Gasteiger partial charge >= 0.3 is 0 Å². The lowest BCUT2D eigenvalue weighted by molar-refractivity contribution is 0.745. The van der Waals surface area contributed by atoms with E-state index in [1.807, 2.05) is 0 Å². The summed E-state index contributed by atoms with van der Waals surface area (Å²) in [4.78, 5) is 2.52. The lowest BCUT2D eigenvalue weighted by Gasteiger charge is -2.28. The van der Waals surface area contributed by atoms with Gasteiger partial charge in [-0.25, -0.2) is 0 Å². The molecule has 10 rings (SSSR count). The quantitative estimate of drug-likeness (QED) is 0.192. The van der Waals surface area contributed by atoms with Gasteiger partial charge in [-0.15, -0.1) is 0 Å². The SMILES string of the molecule is C1=CC2c3cc(-c4ccc5c(c4)c4ccccc4n5-c4ccccc4)ccc3N(c3ccc(-c4cccc5ccccc45)cc3)C2C=C1. The summed E-state index contributed by atoms with van der Waals surface area (Å²) in [6.07, 6.45) is 9.12. The van der Waals surface area contributed by atoms with Crippen LogP contribution in [0, 0.1) is 0 Å². The minimum atomic E-state index is 0.245. The maximum Gasteiger partial charge on any atom is 0.0629 e. The molecule has 2 atom stereocenters. The predicted molar refractivity (Wildman–Crippen MR) is 203 cm³/mol. The molecule has 0 N–H and O–H groups in total. The Bertz CT molecular complexity index is 2560. The van der Waals surface area contributed by atoms with Gasteiger partial charge in [0.05, 0.1) is 17.1 Å². The summed E-state index contributed by atoms with van der Waals surface area (Å²) in [6.45, 7) is 0. The van der Waals surface area contributed by atoms with Crippen molar-refractivity contribution in [1.29, 1.82) is 0 Å². The molecule has 8 aromatic rings. The maximum absolute atomic E-state index is 2.52. The topological polar surface area (TPSA) is 8.17 Å². The third-order valence-corrected chi connectivity index (χ3v) is 10.3. The molecule has 1 aliphatic heterocycles. The van der Waals surface area contributed by atoms with Crippen LogP contribution in [0.1, 0.15) is 11.5 Å². The average Bonchev–Trinajstić information content (AvgIpc) is 3.67. The minimum Gasteiger partial charge on any atom is -0.333 e. The van der Waals surface area contributed by atoms with E-state index in [1.54, 1.807) is 0 Å². The number of hydrogen-bond acceptors (Lipinski definition) is 1. The molecule has 2 nitrogen and oxygen atoms in total. The molecule has 0 fully saturated rings. The first-order valence-corrected chi connectivity index (χ1v) is 16.8. The first kappa shape index (κ1) is 27.0. The smallest absolute Gasteiger partial charge is 0.0629 e. The van der Waals surface area contributed by atoms with Crippen LogP contribution in [0.25, 0.3) is 60.5 Å². The molecule has 0 saturated carbocycles. The van der Waals surface area contributed by atoms with Crippen LogP contribution in [0.3, 0.4) is 0 Å². The standard InChI is InChI=1S/C46H32N2/c1-2-13-35(14-3-1)47-43-19-8-6-16-39(43)41-29-33(23-27-45(41)47)34-24-28-46-42(30-34)40-17-7-9-20-44(40)48(46)36-25-21-32(22-26-36)38-18-10-12-31-11-4-5-15-37(31)38/h1-30,40,44H. The third kappa shape index (κ3) is 4.13. The Morgan fingerprint density at radius 2 is 1.12 bits per heavy atom. The van der Waals surface area contributed by atoms with E-state index in [-0.39, 0.29) is 6.04 Å². The second kappa shape index (κ2) is 10.7. The van der Waals surface area contributed by atoms with E-state index >= 15 is 0 Å². The van der Waals surface area contributed by atoms with Crippen LogP contribution in [0.2, 0.25) is 0 Å². The second-order valence-corrected chi connectivity index (χ2v) is 12.9. The van der Waals surface area contributed by atoms with E-state index in [2.05, 4.69) is 191 Å². The average molecular weight is 613 g/mol. The molecule has 2 unspecified atom stereocenters. The fourth-order valence-corrected chi connectivity index (χ4v) is 8.11. The Morgan fingerprint density at radius 3 is 2.02 bits per heavy atom. The molecule has 2 heteroatoms. The molecule has 1 aliphatic carbocycles. The van der Waals surface area contributed by atoms with E-state index in [9.17, 15) is 0 Å².